The largest absolute Gasteiger partial charge is 0.325 e. The molecule has 0 radical (unpaired) electrons. The van der Waals surface area contributed by atoms with E-state index in [0.29, 0.717) is 0 Å². The first kappa shape index (κ1) is 21.9. The Labute approximate surface area is 187 Å². The Kier molecular flexibility index (Phi) is 5.88. The first-order chi connectivity index (χ1) is 14.6. The third-order valence-electron chi connectivity index (χ3n) is 4.99. The molecule has 1 fully saturated rings. The number of rotatable bonds is 4. The van der Waals surface area contributed by atoms with Crippen LogP contribution in [0, 0.1) is 5.82 Å². The van der Waals surface area contributed by atoms with E-state index in [9.17, 15) is 17.6 Å². The molecule has 1 amide bonds. The van der Waals surface area contributed by atoms with E-state index in [1.165, 1.54) is 30.5 Å². The zero-order valence-electron chi connectivity index (χ0n) is 16.5. The van der Waals surface area contributed by atoms with Crippen molar-refractivity contribution in [2.75, 3.05) is 12.4 Å². The van der Waals surface area contributed by atoms with Gasteiger partial charge in [0.05, 0.1) is 15.9 Å². The van der Waals surface area contributed by atoms with Crippen LogP contribution in [0.2, 0.25) is 5.02 Å². The zero-order chi connectivity index (χ0) is 22.3. The Morgan fingerprint density at radius 3 is 2.74 bits per heavy atom. The summed E-state index contributed by atoms with van der Waals surface area (Å²) in [6.07, 6.45) is 2.05. The number of benzene rings is 1. The molecule has 12 heteroatoms. The predicted octanol–water partition coefficient (Wildman–Crippen LogP) is 3.16. The summed E-state index contributed by atoms with van der Waals surface area (Å²) in [5.74, 6) is -1.13. The van der Waals surface area contributed by atoms with Gasteiger partial charge in [0.25, 0.3) is 10.2 Å². The van der Waals surface area contributed by atoms with Gasteiger partial charge in [0.1, 0.15) is 17.6 Å². The minimum atomic E-state index is -3.89. The summed E-state index contributed by atoms with van der Waals surface area (Å²) in [4.78, 5) is 14.6. The average Bonchev–Trinajstić information content (AvgIpc) is 3.35. The van der Waals surface area contributed by atoms with Crippen molar-refractivity contribution in [2.45, 2.75) is 18.5 Å². The number of hydrogen-bond donors (Lipinski definition) is 2. The highest BCUT2D eigenvalue weighted by molar-refractivity contribution is 7.87. The highest BCUT2D eigenvalue weighted by Gasteiger charge is 2.41. The Hall–Kier alpha value is -2.31. The van der Waals surface area contributed by atoms with Gasteiger partial charge in [-0.1, -0.05) is 11.6 Å². The lowest BCUT2D eigenvalue weighted by Crippen LogP contribution is -2.55. The smallest absolute Gasteiger partial charge is 0.280 e. The van der Waals surface area contributed by atoms with E-state index in [0.717, 1.165) is 25.8 Å². The van der Waals surface area contributed by atoms with Gasteiger partial charge in [0.2, 0.25) is 5.91 Å². The summed E-state index contributed by atoms with van der Waals surface area (Å²) >= 11 is 7.18. The number of anilines is 1. The van der Waals surface area contributed by atoms with Crippen LogP contribution in [0.1, 0.15) is 17.3 Å². The third kappa shape index (κ3) is 4.51. The SMILES string of the molecule is CN1[C@H](C(=O)Nc2ccc(F)c(Cl)c2)C[C@H](c2ccc(-c3ccn(C)n3)s2)NS1(=O)=O. The molecule has 3 heterocycles. The maximum Gasteiger partial charge on any atom is 0.280 e. The highest BCUT2D eigenvalue weighted by Crippen LogP contribution is 2.35. The maximum atomic E-state index is 13.4. The zero-order valence-corrected chi connectivity index (χ0v) is 18.9. The van der Waals surface area contributed by atoms with Gasteiger partial charge in [-0.25, -0.2) is 4.39 Å². The number of amides is 1. The molecule has 8 nitrogen and oxygen atoms in total. The summed E-state index contributed by atoms with van der Waals surface area (Å²) in [6.45, 7) is 0. The van der Waals surface area contributed by atoms with Gasteiger partial charge in [-0.15, -0.1) is 11.3 Å². The molecule has 0 unspecified atom stereocenters. The van der Waals surface area contributed by atoms with Crippen molar-refractivity contribution in [3.63, 3.8) is 0 Å². The third-order valence-corrected chi connectivity index (χ3v) is 8.10. The normalized spacial score (nSPS) is 21.2. The van der Waals surface area contributed by atoms with Crippen LogP contribution in [0.15, 0.2) is 42.6 Å². The van der Waals surface area contributed by atoms with Crippen LogP contribution < -0.4 is 10.0 Å². The molecule has 1 aliphatic heterocycles. The fraction of sp³-hybridized carbons (Fsp3) is 0.263. The number of aryl methyl sites for hydroxylation is 1. The van der Waals surface area contributed by atoms with Crippen molar-refractivity contribution < 1.29 is 17.6 Å². The second kappa shape index (κ2) is 8.32. The predicted molar refractivity (Wildman–Crippen MR) is 118 cm³/mol. The fourth-order valence-electron chi connectivity index (χ4n) is 3.32. The fourth-order valence-corrected chi connectivity index (χ4v) is 5.88. The standard InChI is InChI=1S/C19H19ClFN5O3S2/c1-25-8-7-14(23-25)17-5-6-18(30-17)15-10-16(26(2)31(28,29)24-15)19(27)22-11-3-4-13(21)12(20)9-11/h3-9,15-16,24H,10H2,1-2H3,(H,22,27)/t15-,16+/m1/s1. The van der Waals surface area contributed by atoms with Crippen LogP contribution in [0.3, 0.4) is 0 Å². The summed E-state index contributed by atoms with van der Waals surface area (Å²) < 4.78 is 44.0. The minimum absolute atomic E-state index is 0.136. The van der Waals surface area contributed by atoms with E-state index in [1.807, 2.05) is 31.4 Å². The van der Waals surface area contributed by atoms with Gasteiger partial charge in [-0.3, -0.25) is 9.48 Å². The molecule has 2 aromatic heterocycles. The number of thiophene rings is 1. The first-order valence-corrected chi connectivity index (χ1v) is 11.9. The molecule has 3 aromatic rings. The molecule has 4 rings (SSSR count). The first-order valence-electron chi connectivity index (χ1n) is 9.25. The number of nitrogens with zero attached hydrogens (tertiary/aromatic N) is 3. The van der Waals surface area contributed by atoms with Crippen LogP contribution in [-0.2, 0) is 22.1 Å². The molecule has 2 atom stereocenters. The lowest BCUT2D eigenvalue weighted by atomic mass is 10.1. The second-order valence-electron chi connectivity index (χ2n) is 7.14. The molecule has 1 saturated heterocycles. The Balaban J connectivity index is 1.57. The highest BCUT2D eigenvalue weighted by atomic mass is 35.5. The van der Waals surface area contributed by atoms with Crippen LogP contribution in [0.25, 0.3) is 10.6 Å². The summed E-state index contributed by atoms with van der Waals surface area (Å²) in [5.41, 5.74) is 1.07. The molecule has 164 valence electrons. The molecule has 1 aliphatic rings. The Morgan fingerprint density at radius 1 is 1.29 bits per heavy atom. The van der Waals surface area contributed by atoms with Crippen molar-refractivity contribution in [1.29, 1.82) is 0 Å². The van der Waals surface area contributed by atoms with Crippen LogP contribution in [0.4, 0.5) is 10.1 Å². The van der Waals surface area contributed by atoms with Crippen LogP contribution in [0.5, 0.6) is 0 Å². The lowest BCUT2D eigenvalue weighted by Gasteiger charge is -2.35. The van der Waals surface area contributed by atoms with Crippen LogP contribution >= 0.6 is 22.9 Å². The molecule has 2 N–H and O–H groups in total. The van der Waals surface area contributed by atoms with E-state index < -0.39 is 34.0 Å². The second-order valence-corrected chi connectivity index (χ2v) is 10.4. The molecule has 0 saturated carbocycles. The van der Waals surface area contributed by atoms with Crippen molar-refractivity contribution in [3.05, 3.63) is 58.3 Å². The average molecular weight is 484 g/mol. The maximum absolute atomic E-state index is 13.4. The number of halogens is 2. The van der Waals surface area contributed by atoms with Crippen molar-refractivity contribution in [1.82, 2.24) is 18.8 Å². The molecular weight excluding hydrogens is 465 g/mol. The molecule has 1 aromatic carbocycles. The number of hydrogen-bond acceptors (Lipinski definition) is 5. The van der Waals surface area contributed by atoms with Gasteiger partial charge in [-0.05, 0) is 42.8 Å². The van der Waals surface area contributed by atoms with Gasteiger partial charge in [0, 0.05) is 30.9 Å². The van der Waals surface area contributed by atoms with E-state index in [1.54, 1.807) is 4.68 Å². The number of carbonyl (C=O) groups excluding carboxylic acids is 1. The molecule has 0 aliphatic carbocycles. The molecular formula is C19H19ClFN5O3S2. The minimum Gasteiger partial charge on any atom is -0.325 e. The monoisotopic (exact) mass is 483 g/mol. The number of likely N-dealkylation sites (N-methyl/N-ethyl adjacent to an activating group) is 1. The van der Waals surface area contributed by atoms with Gasteiger partial charge < -0.3 is 5.32 Å². The van der Waals surface area contributed by atoms with Crippen molar-refractivity contribution >= 4 is 44.7 Å². The van der Waals surface area contributed by atoms with E-state index in [2.05, 4.69) is 15.1 Å². The van der Waals surface area contributed by atoms with Gasteiger partial charge in [0.15, 0.2) is 0 Å². The quantitative estimate of drug-likeness (QED) is 0.595. The van der Waals surface area contributed by atoms with Crippen LogP contribution in [-0.4, -0.2) is 41.5 Å². The van der Waals surface area contributed by atoms with E-state index >= 15 is 0 Å². The number of aromatic nitrogens is 2. The number of carbonyl (C=O) groups is 1. The summed E-state index contributed by atoms with van der Waals surface area (Å²) in [5, 5.41) is 6.85. The van der Waals surface area contributed by atoms with Crippen molar-refractivity contribution in [2.24, 2.45) is 7.05 Å². The molecule has 0 spiro atoms. The Morgan fingerprint density at radius 2 is 2.06 bits per heavy atom. The Bertz CT molecular complexity index is 1240. The summed E-state index contributed by atoms with van der Waals surface area (Å²) in [7, 11) is -0.727. The molecule has 0 bridgehead atoms. The van der Waals surface area contributed by atoms with Gasteiger partial charge >= 0.3 is 0 Å². The van der Waals surface area contributed by atoms with E-state index in [-0.39, 0.29) is 17.1 Å². The summed E-state index contributed by atoms with van der Waals surface area (Å²) in [6, 6.07) is 7.83. The lowest BCUT2D eigenvalue weighted by molar-refractivity contribution is -0.120. The molecule has 31 heavy (non-hydrogen) atoms. The van der Waals surface area contributed by atoms with Crippen molar-refractivity contribution in [3.8, 4) is 10.6 Å². The number of nitrogens with one attached hydrogen (secondary N) is 2. The van der Waals surface area contributed by atoms with E-state index in [4.69, 9.17) is 11.6 Å². The topological polar surface area (TPSA) is 96.3 Å². The van der Waals surface area contributed by atoms with Gasteiger partial charge in [-0.2, -0.15) is 22.5 Å².